The van der Waals surface area contributed by atoms with Crippen molar-refractivity contribution in [1.82, 2.24) is 4.90 Å². The largest absolute Gasteiger partial charge is 0.450 e. The number of rotatable bonds is 1. The number of nitrogens with zero attached hydrogens (tertiary/aromatic N) is 1. The molecule has 3 aromatic carbocycles. The number of piperidine rings is 1. The normalized spacial score (nSPS) is 17.8. The molecule has 0 atom stereocenters. The van der Waals surface area contributed by atoms with E-state index in [0.29, 0.717) is 31.5 Å². The Bertz CT molecular complexity index is 1060. The summed E-state index contributed by atoms with van der Waals surface area (Å²) in [6, 6.07) is 21.4. The number of esters is 1. The zero-order chi connectivity index (χ0) is 18.4. The van der Waals surface area contributed by atoms with Gasteiger partial charge in [0.15, 0.2) is 0 Å². The number of likely N-dealkylation sites (tertiary alicyclic amines) is 1. The molecular formula is C23H19NO3. The first-order valence-corrected chi connectivity index (χ1v) is 9.28. The van der Waals surface area contributed by atoms with Crippen LogP contribution in [-0.4, -0.2) is 29.9 Å². The van der Waals surface area contributed by atoms with Crippen molar-refractivity contribution in [2.75, 3.05) is 13.1 Å². The van der Waals surface area contributed by atoms with E-state index < -0.39 is 5.60 Å². The van der Waals surface area contributed by atoms with Crippen molar-refractivity contribution in [2.45, 2.75) is 18.4 Å². The summed E-state index contributed by atoms with van der Waals surface area (Å²) < 4.78 is 5.79. The Morgan fingerprint density at radius 1 is 0.889 bits per heavy atom. The second kappa shape index (κ2) is 5.95. The highest BCUT2D eigenvalue weighted by molar-refractivity contribution is 6.07. The van der Waals surface area contributed by atoms with E-state index in [1.807, 2.05) is 71.6 Å². The Morgan fingerprint density at radius 3 is 2.44 bits per heavy atom. The van der Waals surface area contributed by atoms with Gasteiger partial charge in [0.2, 0.25) is 0 Å². The molecule has 0 saturated carbocycles. The summed E-state index contributed by atoms with van der Waals surface area (Å²) in [5, 5.41) is 2.04. The minimum atomic E-state index is -0.580. The lowest BCUT2D eigenvalue weighted by Crippen LogP contribution is -2.45. The first-order chi connectivity index (χ1) is 13.2. The molecule has 2 aliphatic heterocycles. The van der Waals surface area contributed by atoms with Crippen LogP contribution in [-0.2, 0) is 10.3 Å². The van der Waals surface area contributed by atoms with Crippen LogP contribution in [0, 0.1) is 0 Å². The summed E-state index contributed by atoms with van der Waals surface area (Å²) in [7, 11) is 0. The molecule has 1 fully saturated rings. The lowest BCUT2D eigenvalue weighted by Gasteiger charge is -2.38. The number of hydrogen-bond donors (Lipinski definition) is 0. The quantitative estimate of drug-likeness (QED) is 0.615. The molecular weight excluding hydrogens is 338 g/mol. The molecule has 0 radical (unpaired) electrons. The molecule has 5 rings (SSSR count). The van der Waals surface area contributed by atoms with Gasteiger partial charge in [0, 0.05) is 37.1 Å². The molecule has 4 heteroatoms. The van der Waals surface area contributed by atoms with Gasteiger partial charge in [0.05, 0.1) is 5.56 Å². The first kappa shape index (κ1) is 16.1. The van der Waals surface area contributed by atoms with Crippen molar-refractivity contribution in [2.24, 2.45) is 0 Å². The van der Waals surface area contributed by atoms with Crippen LogP contribution in [0.4, 0.5) is 0 Å². The fourth-order valence-corrected chi connectivity index (χ4v) is 4.37. The molecule has 1 spiro atoms. The van der Waals surface area contributed by atoms with Gasteiger partial charge in [-0.05, 0) is 22.9 Å². The number of amides is 1. The van der Waals surface area contributed by atoms with Gasteiger partial charge in [-0.15, -0.1) is 0 Å². The number of benzene rings is 3. The van der Waals surface area contributed by atoms with E-state index in [9.17, 15) is 9.59 Å². The molecule has 2 aliphatic rings. The Hall–Kier alpha value is -3.14. The number of hydrogen-bond acceptors (Lipinski definition) is 3. The Morgan fingerprint density at radius 2 is 1.59 bits per heavy atom. The number of carbonyl (C=O) groups is 2. The van der Waals surface area contributed by atoms with Crippen molar-refractivity contribution >= 4 is 22.6 Å². The van der Waals surface area contributed by atoms with Crippen molar-refractivity contribution in [3.8, 4) is 0 Å². The molecule has 27 heavy (non-hydrogen) atoms. The maximum atomic E-state index is 13.1. The highest BCUT2D eigenvalue weighted by Gasteiger charge is 2.47. The molecule has 4 nitrogen and oxygen atoms in total. The molecule has 3 aromatic rings. The lowest BCUT2D eigenvalue weighted by atomic mass is 9.83. The van der Waals surface area contributed by atoms with Gasteiger partial charge in [0.1, 0.15) is 5.60 Å². The molecule has 0 N–H and O–H groups in total. The van der Waals surface area contributed by atoms with Gasteiger partial charge < -0.3 is 9.64 Å². The topological polar surface area (TPSA) is 46.6 Å². The zero-order valence-electron chi connectivity index (χ0n) is 14.9. The van der Waals surface area contributed by atoms with Gasteiger partial charge in [0.25, 0.3) is 5.91 Å². The number of ether oxygens (including phenoxy) is 1. The minimum absolute atomic E-state index is 0.0410. The van der Waals surface area contributed by atoms with Crippen LogP contribution < -0.4 is 0 Å². The van der Waals surface area contributed by atoms with Crippen LogP contribution in [0.5, 0.6) is 0 Å². The van der Waals surface area contributed by atoms with Crippen LogP contribution in [0.25, 0.3) is 10.8 Å². The van der Waals surface area contributed by atoms with Crippen LogP contribution in [0.1, 0.15) is 39.1 Å². The Labute approximate surface area is 157 Å². The summed E-state index contributed by atoms with van der Waals surface area (Å²) in [6.45, 7) is 1.15. The van der Waals surface area contributed by atoms with Crippen molar-refractivity contribution in [3.63, 3.8) is 0 Å². The average molecular weight is 357 g/mol. The summed E-state index contributed by atoms with van der Waals surface area (Å²) in [5.74, 6) is -0.210. The fourth-order valence-electron chi connectivity index (χ4n) is 4.37. The van der Waals surface area contributed by atoms with Crippen molar-refractivity contribution < 1.29 is 14.3 Å². The molecule has 1 amide bonds. The maximum absolute atomic E-state index is 13.1. The molecule has 1 saturated heterocycles. The zero-order valence-corrected chi connectivity index (χ0v) is 14.9. The van der Waals surface area contributed by atoms with E-state index in [0.717, 1.165) is 21.9 Å². The predicted molar refractivity (Wildman–Crippen MR) is 103 cm³/mol. The van der Waals surface area contributed by atoms with Gasteiger partial charge >= 0.3 is 5.97 Å². The van der Waals surface area contributed by atoms with Gasteiger partial charge in [-0.3, -0.25) is 4.79 Å². The van der Waals surface area contributed by atoms with Gasteiger partial charge in [-0.2, -0.15) is 0 Å². The average Bonchev–Trinajstić information content (AvgIpc) is 2.99. The molecule has 134 valence electrons. The van der Waals surface area contributed by atoms with E-state index in [1.165, 1.54) is 0 Å². The maximum Gasteiger partial charge on any atom is 0.339 e. The highest BCUT2D eigenvalue weighted by Crippen LogP contribution is 2.44. The van der Waals surface area contributed by atoms with Crippen molar-refractivity contribution in [1.29, 1.82) is 0 Å². The van der Waals surface area contributed by atoms with Crippen molar-refractivity contribution in [3.05, 3.63) is 83.4 Å². The standard InChI is InChI=1S/C23H19NO3/c25-21(18-10-5-7-16-6-1-2-8-17(16)18)24-14-12-23(13-15-24)20-11-4-3-9-19(20)22(26)27-23/h1-11H,12-15H2. The SMILES string of the molecule is O=C1OC2(CCN(C(=O)c3cccc4ccccc34)CC2)c2ccccc21. The van der Waals surface area contributed by atoms with E-state index in [4.69, 9.17) is 4.74 Å². The molecule has 0 bridgehead atoms. The molecule has 0 unspecified atom stereocenters. The summed E-state index contributed by atoms with van der Waals surface area (Å²) in [5.41, 5.74) is 1.77. The predicted octanol–water partition coefficient (Wildman–Crippen LogP) is 4.14. The second-order valence-electron chi connectivity index (χ2n) is 7.25. The summed E-state index contributed by atoms with van der Waals surface area (Å²) >= 11 is 0. The van der Waals surface area contributed by atoms with Gasteiger partial charge in [-0.25, -0.2) is 4.79 Å². The third-order valence-electron chi connectivity index (χ3n) is 5.80. The van der Waals surface area contributed by atoms with Gasteiger partial charge in [-0.1, -0.05) is 54.6 Å². The monoisotopic (exact) mass is 357 g/mol. The van der Waals surface area contributed by atoms with E-state index in [1.54, 1.807) is 0 Å². The lowest BCUT2D eigenvalue weighted by molar-refractivity contribution is -0.0389. The fraction of sp³-hybridized carbons (Fsp3) is 0.217. The Kier molecular flexibility index (Phi) is 3.54. The van der Waals surface area contributed by atoms with Crippen LogP contribution in [0.3, 0.4) is 0 Å². The van der Waals surface area contributed by atoms with Crippen LogP contribution >= 0.6 is 0 Å². The summed E-state index contributed by atoms with van der Waals surface area (Å²) in [6.07, 6.45) is 1.26. The molecule has 2 heterocycles. The molecule has 0 aliphatic carbocycles. The minimum Gasteiger partial charge on any atom is -0.450 e. The Balaban J connectivity index is 1.41. The smallest absolute Gasteiger partial charge is 0.339 e. The highest BCUT2D eigenvalue weighted by atomic mass is 16.6. The van der Waals surface area contributed by atoms with E-state index in [2.05, 4.69) is 0 Å². The second-order valence-corrected chi connectivity index (χ2v) is 7.25. The third kappa shape index (κ3) is 2.44. The molecule has 0 aromatic heterocycles. The number of fused-ring (bicyclic) bond motifs is 3. The third-order valence-corrected chi connectivity index (χ3v) is 5.80. The van der Waals surface area contributed by atoms with E-state index in [-0.39, 0.29) is 11.9 Å². The first-order valence-electron chi connectivity index (χ1n) is 9.28. The van der Waals surface area contributed by atoms with Crippen LogP contribution in [0.2, 0.25) is 0 Å². The van der Waals surface area contributed by atoms with Crippen LogP contribution in [0.15, 0.2) is 66.7 Å². The van der Waals surface area contributed by atoms with E-state index >= 15 is 0 Å². The summed E-state index contributed by atoms with van der Waals surface area (Å²) in [4.78, 5) is 27.2. The number of carbonyl (C=O) groups excluding carboxylic acids is 2.